The van der Waals surface area contributed by atoms with E-state index in [4.69, 9.17) is 14.2 Å². The molecule has 2 aromatic carbocycles. The highest BCUT2D eigenvalue weighted by Crippen LogP contribution is 2.38. The van der Waals surface area contributed by atoms with Crippen LogP contribution < -0.4 is 14.2 Å². The smallest absolute Gasteiger partial charge is 0.213 e. The first kappa shape index (κ1) is 17.5. The zero-order valence-corrected chi connectivity index (χ0v) is 15.1. The molecule has 1 heterocycles. The Labute approximate surface area is 152 Å². The fraction of sp³-hybridized carbons (Fsp3) is 0.200. The molecule has 0 saturated carbocycles. The number of imidazole rings is 1. The summed E-state index contributed by atoms with van der Waals surface area (Å²) in [6.45, 7) is 2.01. The molecule has 26 heavy (non-hydrogen) atoms. The van der Waals surface area contributed by atoms with Gasteiger partial charge in [-0.1, -0.05) is 18.2 Å². The second-order valence-corrected chi connectivity index (χ2v) is 5.70. The third-order valence-electron chi connectivity index (χ3n) is 4.14. The lowest BCUT2D eigenvalue weighted by atomic mass is 10.1. The number of aryl methyl sites for hydroxylation is 1. The van der Waals surface area contributed by atoms with Gasteiger partial charge in [0.15, 0.2) is 11.5 Å². The van der Waals surface area contributed by atoms with Gasteiger partial charge in [0.05, 0.1) is 21.3 Å². The number of carbonyl (C=O) groups excluding carboxylic acids is 1. The molecular weight excluding hydrogens is 332 g/mol. The summed E-state index contributed by atoms with van der Waals surface area (Å²) in [5.74, 6) is 1.07. The zero-order valence-electron chi connectivity index (χ0n) is 15.1. The van der Waals surface area contributed by atoms with Crippen LogP contribution in [-0.4, -0.2) is 36.7 Å². The minimum Gasteiger partial charge on any atom is -0.493 e. The van der Waals surface area contributed by atoms with Gasteiger partial charge in [0.2, 0.25) is 11.5 Å². The van der Waals surface area contributed by atoms with Crippen LogP contribution in [0.3, 0.4) is 0 Å². The van der Waals surface area contributed by atoms with Gasteiger partial charge in [-0.25, -0.2) is 4.98 Å². The Morgan fingerprint density at radius 3 is 2.23 bits per heavy atom. The van der Waals surface area contributed by atoms with Crippen LogP contribution in [0.4, 0.5) is 0 Å². The molecule has 134 valence electrons. The molecule has 0 amide bonds. The van der Waals surface area contributed by atoms with E-state index in [1.165, 1.54) is 21.3 Å². The topological polar surface area (TPSA) is 62.6 Å². The third kappa shape index (κ3) is 3.13. The van der Waals surface area contributed by atoms with Crippen LogP contribution in [0.1, 0.15) is 21.6 Å². The number of ketones is 1. The van der Waals surface area contributed by atoms with Crippen LogP contribution in [0.2, 0.25) is 0 Å². The van der Waals surface area contributed by atoms with Crippen LogP contribution in [-0.2, 0) is 0 Å². The number of benzene rings is 2. The van der Waals surface area contributed by atoms with Crippen LogP contribution in [0, 0.1) is 6.92 Å². The molecular formula is C20H20N2O4. The van der Waals surface area contributed by atoms with E-state index in [-0.39, 0.29) is 5.78 Å². The second kappa shape index (κ2) is 7.31. The maximum absolute atomic E-state index is 12.9. The van der Waals surface area contributed by atoms with Crippen molar-refractivity contribution >= 4 is 5.78 Å². The Kier molecular flexibility index (Phi) is 4.93. The predicted octanol–water partition coefficient (Wildman–Crippen LogP) is 3.44. The minimum absolute atomic E-state index is 0.225. The van der Waals surface area contributed by atoms with E-state index in [9.17, 15) is 4.79 Å². The second-order valence-electron chi connectivity index (χ2n) is 5.70. The Bertz CT molecular complexity index is 921. The summed E-state index contributed by atoms with van der Waals surface area (Å²) in [6, 6.07) is 11.1. The number of ether oxygens (including phenoxy) is 3. The molecule has 0 atom stereocenters. The van der Waals surface area contributed by atoms with Gasteiger partial charge in [-0.15, -0.1) is 0 Å². The van der Waals surface area contributed by atoms with Crippen molar-refractivity contribution in [3.05, 3.63) is 65.7 Å². The highest BCUT2D eigenvalue weighted by atomic mass is 16.5. The molecule has 3 rings (SSSR count). The van der Waals surface area contributed by atoms with Crippen LogP contribution in [0.15, 0.2) is 48.9 Å². The molecule has 0 aliphatic carbocycles. The summed E-state index contributed by atoms with van der Waals surface area (Å²) in [6.07, 6.45) is 3.35. The van der Waals surface area contributed by atoms with Gasteiger partial charge in [0, 0.05) is 17.4 Å². The first-order valence-corrected chi connectivity index (χ1v) is 8.03. The molecule has 3 aromatic rings. The van der Waals surface area contributed by atoms with Gasteiger partial charge >= 0.3 is 0 Å². The average Bonchev–Trinajstić information content (AvgIpc) is 3.16. The maximum Gasteiger partial charge on any atom is 0.213 e. The molecule has 0 fully saturated rings. The Hall–Kier alpha value is -3.28. The first-order valence-electron chi connectivity index (χ1n) is 8.03. The summed E-state index contributed by atoms with van der Waals surface area (Å²) in [7, 11) is 4.54. The van der Waals surface area contributed by atoms with Crippen LogP contribution >= 0.6 is 0 Å². The Morgan fingerprint density at radius 2 is 1.65 bits per heavy atom. The minimum atomic E-state index is -0.225. The standard InChI is InChI=1S/C20H20N2O4/c1-13-7-5-6-8-16(13)22-11-15(21-12-22)19(23)14-9-17(24-2)20(26-4)18(10-14)25-3/h5-12H,1-4H3. The summed E-state index contributed by atoms with van der Waals surface area (Å²) >= 11 is 0. The van der Waals surface area contributed by atoms with E-state index < -0.39 is 0 Å². The summed E-state index contributed by atoms with van der Waals surface area (Å²) < 4.78 is 17.8. The van der Waals surface area contributed by atoms with E-state index in [0.717, 1.165) is 11.3 Å². The molecule has 0 saturated heterocycles. The molecule has 0 bridgehead atoms. The largest absolute Gasteiger partial charge is 0.493 e. The molecule has 0 spiro atoms. The highest BCUT2D eigenvalue weighted by Gasteiger charge is 2.19. The summed E-state index contributed by atoms with van der Waals surface area (Å²) in [5, 5.41) is 0. The Balaban J connectivity index is 1.99. The van der Waals surface area contributed by atoms with Crippen molar-refractivity contribution in [2.45, 2.75) is 6.92 Å². The predicted molar refractivity (Wildman–Crippen MR) is 97.8 cm³/mol. The van der Waals surface area contributed by atoms with E-state index in [2.05, 4.69) is 4.98 Å². The van der Waals surface area contributed by atoms with Crippen molar-refractivity contribution in [1.82, 2.24) is 9.55 Å². The van der Waals surface area contributed by atoms with E-state index in [1.54, 1.807) is 24.7 Å². The van der Waals surface area contributed by atoms with Gasteiger partial charge in [0.1, 0.15) is 12.0 Å². The normalized spacial score (nSPS) is 10.5. The van der Waals surface area contributed by atoms with E-state index in [0.29, 0.717) is 28.5 Å². The number of hydrogen-bond donors (Lipinski definition) is 0. The van der Waals surface area contributed by atoms with Crippen molar-refractivity contribution in [3.8, 4) is 22.9 Å². The number of carbonyl (C=O) groups is 1. The molecule has 0 aliphatic rings. The number of hydrogen-bond acceptors (Lipinski definition) is 5. The van der Waals surface area contributed by atoms with Crippen molar-refractivity contribution < 1.29 is 19.0 Å². The van der Waals surface area contributed by atoms with E-state index >= 15 is 0 Å². The molecule has 0 N–H and O–H groups in total. The van der Waals surface area contributed by atoms with Crippen LogP contribution in [0.5, 0.6) is 17.2 Å². The third-order valence-corrected chi connectivity index (χ3v) is 4.14. The lowest BCUT2D eigenvalue weighted by molar-refractivity contribution is 0.103. The fourth-order valence-electron chi connectivity index (χ4n) is 2.78. The lowest BCUT2D eigenvalue weighted by Crippen LogP contribution is -2.04. The van der Waals surface area contributed by atoms with E-state index in [1.807, 2.05) is 35.8 Å². The number of nitrogens with zero attached hydrogens (tertiary/aromatic N) is 2. The van der Waals surface area contributed by atoms with Gasteiger partial charge in [-0.05, 0) is 30.7 Å². The van der Waals surface area contributed by atoms with Crippen LogP contribution in [0.25, 0.3) is 5.69 Å². The average molecular weight is 352 g/mol. The van der Waals surface area contributed by atoms with Crippen molar-refractivity contribution in [1.29, 1.82) is 0 Å². The molecule has 0 aliphatic heterocycles. The van der Waals surface area contributed by atoms with Gasteiger partial charge in [-0.3, -0.25) is 4.79 Å². The highest BCUT2D eigenvalue weighted by molar-refractivity contribution is 6.08. The van der Waals surface area contributed by atoms with Gasteiger partial charge < -0.3 is 18.8 Å². The SMILES string of the molecule is COc1cc(C(=O)c2cn(-c3ccccc3C)cn2)cc(OC)c1OC. The Morgan fingerprint density at radius 1 is 1.00 bits per heavy atom. The van der Waals surface area contributed by atoms with Gasteiger partial charge in [0.25, 0.3) is 0 Å². The first-order chi connectivity index (χ1) is 12.6. The van der Waals surface area contributed by atoms with Crippen molar-refractivity contribution in [3.63, 3.8) is 0 Å². The monoisotopic (exact) mass is 352 g/mol. The number of rotatable bonds is 6. The fourth-order valence-corrected chi connectivity index (χ4v) is 2.78. The lowest BCUT2D eigenvalue weighted by Gasteiger charge is -2.13. The van der Waals surface area contributed by atoms with Crippen molar-refractivity contribution in [2.75, 3.05) is 21.3 Å². The molecule has 0 radical (unpaired) electrons. The molecule has 1 aromatic heterocycles. The summed E-state index contributed by atoms with van der Waals surface area (Å²) in [4.78, 5) is 17.1. The molecule has 0 unspecified atom stereocenters. The molecule has 6 nitrogen and oxygen atoms in total. The number of para-hydroxylation sites is 1. The maximum atomic E-state index is 12.9. The molecule has 6 heteroatoms. The van der Waals surface area contributed by atoms with Gasteiger partial charge in [-0.2, -0.15) is 0 Å². The summed E-state index contributed by atoms with van der Waals surface area (Å²) in [5.41, 5.74) is 2.82. The quantitative estimate of drug-likeness (QED) is 0.636. The number of aromatic nitrogens is 2. The van der Waals surface area contributed by atoms with Crippen molar-refractivity contribution in [2.24, 2.45) is 0 Å². The number of methoxy groups -OCH3 is 3. The zero-order chi connectivity index (χ0) is 18.7.